The molecule has 0 atom stereocenters. The summed E-state index contributed by atoms with van der Waals surface area (Å²) in [4.78, 5) is 20.0. The Bertz CT molecular complexity index is 1070. The molecule has 0 unspecified atom stereocenters. The van der Waals surface area contributed by atoms with Gasteiger partial charge in [0.1, 0.15) is 0 Å². The third kappa shape index (κ3) is 4.43. The zero-order valence-corrected chi connectivity index (χ0v) is 17.6. The smallest absolute Gasteiger partial charge is 0.251 e. The van der Waals surface area contributed by atoms with Gasteiger partial charge in [-0.3, -0.25) is 9.79 Å². The van der Waals surface area contributed by atoms with Crippen LogP contribution in [0, 0.1) is 6.92 Å². The minimum atomic E-state index is -0.0773. The summed E-state index contributed by atoms with van der Waals surface area (Å²) in [6, 6.07) is 22.3. The van der Waals surface area contributed by atoms with Crippen molar-refractivity contribution >= 4 is 29.1 Å². The second-order valence-corrected chi connectivity index (χ2v) is 8.34. The average Bonchev–Trinajstić information content (AvgIpc) is 2.89. The maximum absolute atomic E-state index is 12.7. The molecule has 0 saturated heterocycles. The summed E-state index contributed by atoms with van der Waals surface area (Å²) >= 11 is 1.73. The Hall–Kier alpha value is -2.85. The van der Waals surface area contributed by atoms with Gasteiger partial charge in [0.15, 0.2) is 0 Å². The minimum absolute atomic E-state index is 0.0773. The van der Waals surface area contributed by atoms with E-state index in [-0.39, 0.29) is 5.91 Å². The van der Waals surface area contributed by atoms with Gasteiger partial charge in [0, 0.05) is 33.2 Å². The van der Waals surface area contributed by atoms with Crippen molar-refractivity contribution in [3.8, 4) is 0 Å². The van der Waals surface area contributed by atoms with E-state index >= 15 is 0 Å². The molecule has 1 N–H and O–H groups in total. The first-order valence-corrected chi connectivity index (χ1v) is 10.8. The van der Waals surface area contributed by atoms with Crippen LogP contribution in [-0.2, 0) is 6.54 Å². The van der Waals surface area contributed by atoms with Crippen molar-refractivity contribution in [3.63, 3.8) is 0 Å². The fraction of sp³-hybridized carbons (Fsp3) is 0.200. The van der Waals surface area contributed by atoms with Crippen LogP contribution in [0.1, 0.15) is 46.8 Å². The van der Waals surface area contributed by atoms with Gasteiger partial charge < -0.3 is 5.32 Å². The number of benzene rings is 3. The highest BCUT2D eigenvalue weighted by Crippen LogP contribution is 2.41. The number of rotatable bonds is 5. The molecule has 0 spiro atoms. The van der Waals surface area contributed by atoms with Crippen LogP contribution >= 0.6 is 11.8 Å². The first-order valence-electron chi connectivity index (χ1n) is 9.96. The molecule has 0 saturated carbocycles. The van der Waals surface area contributed by atoms with Gasteiger partial charge >= 0.3 is 0 Å². The van der Waals surface area contributed by atoms with Gasteiger partial charge in [-0.25, -0.2) is 0 Å². The van der Waals surface area contributed by atoms with Crippen LogP contribution in [0.25, 0.3) is 0 Å². The highest BCUT2D eigenvalue weighted by atomic mass is 32.2. The molecule has 0 bridgehead atoms. The SMILES string of the molecule is CCCC1=Nc2cc(C(=O)NCc3ccccc3)ccc2Sc2ccc(C)cc21. The van der Waals surface area contributed by atoms with Crippen molar-refractivity contribution < 1.29 is 4.79 Å². The van der Waals surface area contributed by atoms with Crippen LogP contribution in [-0.4, -0.2) is 11.6 Å². The number of carbonyl (C=O) groups is 1. The first kappa shape index (κ1) is 19.5. The molecule has 3 nitrogen and oxygen atoms in total. The third-order valence-electron chi connectivity index (χ3n) is 4.93. The molecule has 0 aromatic heterocycles. The lowest BCUT2D eigenvalue weighted by Crippen LogP contribution is -2.22. The zero-order chi connectivity index (χ0) is 20.2. The average molecular weight is 401 g/mol. The van der Waals surface area contributed by atoms with Crippen molar-refractivity contribution in [2.75, 3.05) is 0 Å². The van der Waals surface area contributed by atoms with E-state index in [0.717, 1.165) is 34.7 Å². The van der Waals surface area contributed by atoms with Gasteiger partial charge in [0.25, 0.3) is 5.91 Å². The maximum atomic E-state index is 12.7. The van der Waals surface area contributed by atoms with Gasteiger partial charge in [-0.15, -0.1) is 0 Å². The highest BCUT2D eigenvalue weighted by Gasteiger charge is 2.18. The molecule has 3 aromatic rings. The zero-order valence-electron chi connectivity index (χ0n) is 16.7. The van der Waals surface area contributed by atoms with Crippen LogP contribution < -0.4 is 5.32 Å². The summed E-state index contributed by atoms with van der Waals surface area (Å²) in [5.41, 5.74) is 6.14. The van der Waals surface area contributed by atoms with E-state index < -0.39 is 0 Å². The van der Waals surface area contributed by atoms with Crippen molar-refractivity contribution in [2.45, 2.75) is 43.0 Å². The first-order chi connectivity index (χ1) is 14.1. The van der Waals surface area contributed by atoms with Crippen molar-refractivity contribution in [1.82, 2.24) is 5.32 Å². The normalized spacial score (nSPS) is 12.4. The molecule has 29 heavy (non-hydrogen) atoms. The molecule has 1 heterocycles. The van der Waals surface area contributed by atoms with Crippen LogP contribution in [0.5, 0.6) is 0 Å². The largest absolute Gasteiger partial charge is 0.348 e. The summed E-state index contributed by atoms with van der Waals surface area (Å²) < 4.78 is 0. The van der Waals surface area contributed by atoms with Crippen LogP contribution in [0.2, 0.25) is 0 Å². The lowest BCUT2D eigenvalue weighted by atomic mass is 10.0. The van der Waals surface area contributed by atoms with E-state index in [4.69, 9.17) is 4.99 Å². The Balaban J connectivity index is 1.63. The van der Waals surface area contributed by atoms with Crippen molar-refractivity contribution in [1.29, 1.82) is 0 Å². The Morgan fingerprint density at radius 1 is 1.00 bits per heavy atom. The Labute approximate surface area is 176 Å². The maximum Gasteiger partial charge on any atom is 0.251 e. The lowest BCUT2D eigenvalue weighted by molar-refractivity contribution is 0.0951. The van der Waals surface area contributed by atoms with Gasteiger partial charge in [0.2, 0.25) is 0 Å². The molecule has 3 aromatic carbocycles. The second-order valence-electron chi connectivity index (χ2n) is 7.26. The van der Waals surface area contributed by atoms with Crippen molar-refractivity contribution in [2.24, 2.45) is 4.99 Å². The molecule has 4 rings (SSSR count). The second kappa shape index (κ2) is 8.66. The van der Waals surface area contributed by atoms with E-state index in [9.17, 15) is 4.79 Å². The Kier molecular flexibility index (Phi) is 5.81. The number of hydrogen-bond donors (Lipinski definition) is 1. The molecule has 4 heteroatoms. The fourth-order valence-electron chi connectivity index (χ4n) is 3.42. The molecular weight excluding hydrogens is 376 g/mol. The van der Waals surface area contributed by atoms with Gasteiger partial charge in [0.05, 0.1) is 5.69 Å². The van der Waals surface area contributed by atoms with E-state index in [1.807, 2.05) is 48.5 Å². The molecule has 0 radical (unpaired) electrons. The van der Waals surface area contributed by atoms with E-state index in [1.165, 1.54) is 16.0 Å². The highest BCUT2D eigenvalue weighted by molar-refractivity contribution is 7.99. The quantitative estimate of drug-likeness (QED) is 0.545. The van der Waals surface area contributed by atoms with Crippen LogP contribution in [0.15, 0.2) is 81.5 Å². The molecular formula is C25H24N2OS. The van der Waals surface area contributed by atoms with Gasteiger partial charge in [-0.05, 0) is 49.2 Å². The number of nitrogens with one attached hydrogen (secondary N) is 1. The Morgan fingerprint density at radius 3 is 2.59 bits per heavy atom. The van der Waals surface area contributed by atoms with E-state index in [1.54, 1.807) is 11.8 Å². The number of fused-ring (bicyclic) bond motifs is 2. The Morgan fingerprint density at radius 2 is 1.79 bits per heavy atom. The number of aliphatic imine (C=N–C) groups is 1. The molecule has 1 amide bonds. The van der Waals surface area contributed by atoms with Gasteiger partial charge in [-0.2, -0.15) is 0 Å². The standard InChI is InChI=1S/C25H24N2OS/c1-3-7-21-20-14-17(2)10-12-23(20)29-24-13-11-19(15-22(24)27-21)25(28)26-16-18-8-5-4-6-9-18/h4-6,8-15H,3,7,16H2,1-2H3,(H,26,28). The molecule has 1 aliphatic rings. The van der Waals surface area contributed by atoms with E-state index in [0.29, 0.717) is 12.1 Å². The summed E-state index contributed by atoms with van der Waals surface area (Å²) in [5, 5.41) is 3.00. The summed E-state index contributed by atoms with van der Waals surface area (Å²) in [5.74, 6) is -0.0773. The topological polar surface area (TPSA) is 41.5 Å². The van der Waals surface area contributed by atoms with Crippen LogP contribution in [0.4, 0.5) is 5.69 Å². The number of amides is 1. The summed E-state index contributed by atoms with van der Waals surface area (Å²) in [6.07, 6.45) is 1.95. The third-order valence-corrected chi connectivity index (χ3v) is 6.07. The fourth-order valence-corrected chi connectivity index (χ4v) is 4.43. The number of aryl methyl sites for hydroxylation is 1. The molecule has 0 fully saturated rings. The summed E-state index contributed by atoms with van der Waals surface area (Å²) in [7, 11) is 0. The molecule has 0 aliphatic carbocycles. The van der Waals surface area contributed by atoms with Crippen LogP contribution in [0.3, 0.4) is 0 Å². The van der Waals surface area contributed by atoms with Crippen molar-refractivity contribution in [3.05, 3.63) is 89.0 Å². The monoisotopic (exact) mass is 400 g/mol. The number of carbonyl (C=O) groups excluding carboxylic acids is 1. The molecule has 1 aliphatic heterocycles. The number of nitrogens with zero attached hydrogens (tertiary/aromatic N) is 1. The summed E-state index contributed by atoms with van der Waals surface area (Å²) in [6.45, 7) is 4.80. The van der Waals surface area contributed by atoms with E-state index in [2.05, 4.69) is 37.4 Å². The van der Waals surface area contributed by atoms with Gasteiger partial charge in [-0.1, -0.05) is 67.1 Å². The molecule has 146 valence electrons. The lowest BCUT2D eigenvalue weighted by Gasteiger charge is -2.09. The predicted octanol–water partition coefficient (Wildman–Crippen LogP) is 6.31. The number of hydrogen-bond acceptors (Lipinski definition) is 3. The predicted molar refractivity (Wildman–Crippen MR) is 120 cm³/mol. The minimum Gasteiger partial charge on any atom is -0.348 e.